The molecule has 6 N–H and O–H groups in total. The van der Waals surface area contributed by atoms with Crippen LogP contribution in [0.25, 0.3) is 31.7 Å². The number of hydrogen-bond donors (Lipinski definition) is 4. The van der Waals surface area contributed by atoms with Gasteiger partial charge in [-0.1, -0.05) is 24.3 Å². The molecule has 260 valence electrons. The Morgan fingerprint density at radius 3 is 1.76 bits per heavy atom. The third-order valence-electron chi connectivity index (χ3n) is 7.87. The zero-order chi connectivity index (χ0) is 35.2. The lowest BCUT2D eigenvalue weighted by atomic mass is 9.80. The van der Waals surface area contributed by atoms with Gasteiger partial charge in [0.15, 0.2) is 22.9 Å². The fraction of sp³-hybridized carbons (Fsp3) is 0.235. The Morgan fingerprint density at radius 1 is 0.700 bits per heavy atom. The molecular weight excluding hydrogens is 747 g/mol. The summed E-state index contributed by atoms with van der Waals surface area (Å²) in [5, 5.41) is 21.1. The number of benzene rings is 2. The molecule has 0 unspecified atom stereocenters. The summed E-state index contributed by atoms with van der Waals surface area (Å²) >= 11 is 6.20. The number of nitrogens with zero attached hydrogens (tertiary/aromatic N) is 2. The van der Waals surface area contributed by atoms with E-state index < -0.39 is 7.12 Å². The van der Waals surface area contributed by atoms with Gasteiger partial charge in [0.2, 0.25) is 10.9 Å². The number of hydrogen-bond acceptors (Lipinski definition) is 14. The minimum Gasteiger partial charge on any atom is -0.439 e. The van der Waals surface area contributed by atoms with Gasteiger partial charge in [-0.2, -0.15) is 0 Å². The average molecular weight is 782 g/mol. The van der Waals surface area contributed by atoms with E-state index in [4.69, 9.17) is 39.8 Å². The Balaban J connectivity index is 0.000000141. The lowest BCUT2D eigenvalue weighted by Crippen LogP contribution is -2.36. The maximum Gasteiger partial charge on any atom is 0.488 e. The third kappa shape index (κ3) is 8.41. The zero-order valence-electron chi connectivity index (χ0n) is 26.7. The largest absolute Gasteiger partial charge is 0.488 e. The van der Waals surface area contributed by atoms with Gasteiger partial charge in [0, 0.05) is 66.0 Å². The monoisotopic (exact) mass is 780 g/mol. The molecule has 0 amide bonds. The molecule has 0 radical (unpaired) electrons. The van der Waals surface area contributed by atoms with Crippen molar-refractivity contribution < 1.29 is 28.4 Å². The minimum absolute atomic E-state index is 0.00658. The number of thiophene rings is 2. The van der Waals surface area contributed by atoms with Crippen molar-refractivity contribution in [3.63, 3.8) is 0 Å². The van der Waals surface area contributed by atoms with Gasteiger partial charge in [0.05, 0.1) is 30.9 Å². The summed E-state index contributed by atoms with van der Waals surface area (Å²) in [5.41, 5.74) is 16.0. The van der Waals surface area contributed by atoms with Gasteiger partial charge < -0.3 is 49.6 Å². The maximum absolute atomic E-state index is 12.4. The molecule has 12 nitrogen and oxygen atoms in total. The first-order chi connectivity index (χ1) is 24.2. The SMILES string of the molecule is Nc1cccc(-c2csc3c(=O)cc(N4CCOCC4)oc23)c1.Nc1cccc(B(O)O)c1.O=c1cc(N2CCOCC2)oc2c(Br)csc12. The first-order valence-corrected chi connectivity index (χ1v) is 18.2. The number of nitrogens with two attached hydrogens (primary N) is 2. The van der Waals surface area contributed by atoms with Crippen molar-refractivity contribution in [1.29, 1.82) is 0 Å². The van der Waals surface area contributed by atoms with Crippen molar-refractivity contribution in [2.24, 2.45) is 0 Å². The number of rotatable bonds is 4. The molecule has 2 fully saturated rings. The van der Waals surface area contributed by atoms with Crippen LogP contribution in [0.15, 0.2) is 94.3 Å². The van der Waals surface area contributed by atoms with E-state index in [1.165, 1.54) is 28.7 Å². The normalized spacial score (nSPS) is 14.5. The van der Waals surface area contributed by atoms with Crippen LogP contribution in [0.4, 0.5) is 23.1 Å². The Morgan fingerprint density at radius 2 is 1.22 bits per heavy atom. The van der Waals surface area contributed by atoms with Gasteiger partial charge in [-0.25, -0.2) is 0 Å². The molecule has 6 heterocycles. The Hall–Kier alpha value is -4.16. The highest BCUT2D eigenvalue weighted by molar-refractivity contribution is 9.10. The topological polar surface area (TPSA) is 178 Å². The van der Waals surface area contributed by atoms with Crippen molar-refractivity contribution in [2.45, 2.75) is 0 Å². The predicted molar refractivity (Wildman–Crippen MR) is 205 cm³/mol. The molecule has 2 saturated heterocycles. The second-order valence-electron chi connectivity index (χ2n) is 11.3. The van der Waals surface area contributed by atoms with Crippen LogP contribution in [0.1, 0.15) is 0 Å². The quantitative estimate of drug-likeness (QED) is 0.147. The summed E-state index contributed by atoms with van der Waals surface area (Å²) in [6.07, 6.45) is 0. The Kier molecular flexibility index (Phi) is 11.6. The van der Waals surface area contributed by atoms with E-state index >= 15 is 0 Å². The molecule has 0 atom stereocenters. The first-order valence-electron chi connectivity index (χ1n) is 15.7. The molecule has 0 bridgehead atoms. The molecule has 2 aromatic carbocycles. The lowest BCUT2D eigenvalue weighted by molar-refractivity contribution is 0.120. The average Bonchev–Trinajstić information content (AvgIpc) is 3.74. The van der Waals surface area contributed by atoms with E-state index in [0.29, 0.717) is 75.6 Å². The van der Waals surface area contributed by atoms with E-state index in [2.05, 4.69) is 15.9 Å². The Labute approximate surface area is 303 Å². The second kappa shape index (κ2) is 16.2. The summed E-state index contributed by atoms with van der Waals surface area (Å²) in [5.74, 6) is 1.24. The van der Waals surface area contributed by atoms with Crippen LogP contribution in [0.3, 0.4) is 0 Å². The molecule has 2 aliphatic heterocycles. The number of morpholine rings is 2. The van der Waals surface area contributed by atoms with Gasteiger partial charge in [-0.05, 0) is 51.2 Å². The van der Waals surface area contributed by atoms with Crippen LogP contribution in [0.2, 0.25) is 0 Å². The van der Waals surface area contributed by atoms with Crippen LogP contribution in [-0.2, 0) is 9.47 Å². The summed E-state index contributed by atoms with van der Waals surface area (Å²) in [4.78, 5) is 28.4. The summed E-state index contributed by atoms with van der Waals surface area (Å²) in [6.45, 7) is 5.62. The fourth-order valence-corrected chi connectivity index (χ4v) is 7.70. The number of halogens is 1. The van der Waals surface area contributed by atoms with Crippen molar-refractivity contribution in [3.05, 3.63) is 96.3 Å². The molecule has 16 heteroatoms. The molecule has 0 aliphatic carbocycles. The smallest absolute Gasteiger partial charge is 0.439 e. The van der Waals surface area contributed by atoms with Gasteiger partial charge >= 0.3 is 7.12 Å². The van der Waals surface area contributed by atoms with Crippen LogP contribution >= 0.6 is 38.6 Å². The molecule has 0 saturated carbocycles. The van der Waals surface area contributed by atoms with Crippen molar-refractivity contribution in [3.8, 4) is 11.1 Å². The van der Waals surface area contributed by atoms with Crippen LogP contribution < -0.4 is 37.6 Å². The first kappa shape index (κ1) is 35.7. The van der Waals surface area contributed by atoms with Gasteiger partial charge in [0.1, 0.15) is 9.40 Å². The number of fused-ring (bicyclic) bond motifs is 2. The Bertz CT molecular complexity index is 2190. The minimum atomic E-state index is -1.43. The molecule has 4 aromatic heterocycles. The van der Waals surface area contributed by atoms with Crippen LogP contribution in [-0.4, -0.2) is 69.8 Å². The predicted octanol–water partition coefficient (Wildman–Crippen LogP) is 4.34. The summed E-state index contributed by atoms with van der Waals surface area (Å²) in [7, 11) is -1.43. The molecular formula is C34H34BBrN4O8S2. The molecule has 2 aliphatic rings. The second-order valence-corrected chi connectivity index (χ2v) is 13.9. The van der Waals surface area contributed by atoms with Crippen molar-refractivity contribution in [1.82, 2.24) is 0 Å². The molecule has 50 heavy (non-hydrogen) atoms. The van der Waals surface area contributed by atoms with E-state index in [-0.39, 0.29) is 10.9 Å². The highest BCUT2D eigenvalue weighted by atomic mass is 79.9. The highest BCUT2D eigenvalue weighted by Gasteiger charge is 2.19. The van der Waals surface area contributed by atoms with Crippen LogP contribution in [0.5, 0.6) is 0 Å². The highest BCUT2D eigenvalue weighted by Crippen LogP contribution is 2.35. The zero-order valence-corrected chi connectivity index (χ0v) is 30.0. The number of nitrogen functional groups attached to an aromatic ring is 2. The van der Waals surface area contributed by atoms with E-state index in [1.54, 1.807) is 30.3 Å². The van der Waals surface area contributed by atoms with E-state index in [0.717, 1.165) is 41.8 Å². The summed E-state index contributed by atoms with van der Waals surface area (Å²) in [6, 6.07) is 17.2. The van der Waals surface area contributed by atoms with Crippen molar-refractivity contribution >= 4 is 94.9 Å². The fourth-order valence-electron chi connectivity index (χ4n) is 5.34. The lowest BCUT2D eigenvalue weighted by Gasteiger charge is -2.27. The number of ether oxygens (including phenoxy) is 2. The molecule has 0 spiro atoms. The van der Waals surface area contributed by atoms with Gasteiger partial charge in [-0.3, -0.25) is 9.59 Å². The maximum atomic E-state index is 12.4. The number of anilines is 4. The van der Waals surface area contributed by atoms with E-state index in [1.807, 2.05) is 44.8 Å². The van der Waals surface area contributed by atoms with Gasteiger partial charge in [-0.15, -0.1) is 22.7 Å². The third-order valence-corrected chi connectivity index (χ3v) is 10.7. The van der Waals surface area contributed by atoms with E-state index in [9.17, 15) is 9.59 Å². The summed E-state index contributed by atoms with van der Waals surface area (Å²) < 4.78 is 24.6. The van der Waals surface area contributed by atoms with Crippen LogP contribution in [0, 0.1) is 0 Å². The van der Waals surface area contributed by atoms with Crippen molar-refractivity contribution in [2.75, 3.05) is 73.9 Å². The van der Waals surface area contributed by atoms with Gasteiger partial charge in [0.25, 0.3) is 0 Å². The standard InChI is InChI=1S/C17H16N2O3S.C11H10BrNO3S.C6H8BNO2/c18-12-3-1-2-11(8-12)13-10-23-17-14(20)9-15(22-16(13)17)19-4-6-21-7-5-19;12-7-6-17-11-8(14)5-9(16-10(7)11)13-1-3-15-4-2-13;8-6-3-1-2-5(4-6)7(9)10/h1-3,8-10H,4-7,18H2;5-6H,1-4H2;1-4,9-10H,8H2. The molecule has 6 aromatic rings. The molecule has 8 rings (SSSR count).